The molecule has 0 fully saturated rings. The van der Waals surface area contributed by atoms with Crippen LogP contribution in [0, 0.1) is 33.1 Å². The third-order valence-electron chi connectivity index (χ3n) is 3.11. The van der Waals surface area contributed by atoms with Crippen molar-refractivity contribution in [2.24, 2.45) is 5.73 Å². The van der Waals surface area contributed by atoms with E-state index in [1.165, 1.54) is 6.19 Å². The number of H-pyrrole nitrogens is 2. The molecule has 14 heteroatoms. The number of nitrogen functional groups attached to an aromatic ring is 1. The first-order valence-electron chi connectivity index (χ1n) is 7.28. The number of nitriles is 2. The molecule has 0 aliphatic heterocycles. The zero-order valence-corrected chi connectivity index (χ0v) is 15.0. The van der Waals surface area contributed by atoms with Crippen molar-refractivity contribution in [1.82, 2.24) is 16.4 Å². The van der Waals surface area contributed by atoms with E-state index in [0.717, 1.165) is 4.73 Å². The Morgan fingerprint density at radius 3 is 2.03 bits per heavy atom. The molecule has 14 nitrogen and oxygen atoms in total. The minimum Gasteiger partial charge on any atom is -0.371 e. The monoisotopic (exact) mass is 419 g/mol. The summed E-state index contributed by atoms with van der Waals surface area (Å²) in [4.78, 5) is 21.9. The van der Waals surface area contributed by atoms with Crippen molar-refractivity contribution in [1.29, 1.82) is 10.5 Å². The summed E-state index contributed by atoms with van der Waals surface area (Å²) in [6, 6.07) is 13.6. The maximum atomic E-state index is 11.2. The molecule has 0 amide bonds. The largest absolute Gasteiger partial charge is 0.447 e. The Kier molecular flexibility index (Phi) is 12.0. The second kappa shape index (κ2) is 13.3. The summed E-state index contributed by atoms with van der Waals surface area (Å²) in [6.07, 6.45) is 1.25. The van der Waals surface area contributed by atoms with E-state index in [4.69, 9.17) is 16.3 Å². The first-order valence-corrected chi connectivity index (χ1v) is 7.28. The van der Waals surface area contributed by atoms with Crippen molar-refractivity contribution in [3.63, 3.8) is 0 Å². The van der Waals surface area contributed by atoms with E-state index in [9.17, 15) is 15.0 Å². The average Bonchev–Trinajstić information content (AvgIpc) is 3.10. The topological polar surface area (TPSA) is 249 Å². The van der Waals surface area contributed by atoms with Gasteiger partial charge in [-0.15, -0.1) is 0 Å². The Balaban J connectivity index is 0. The smallest absolute Gasteiger partial charge is 0.371 e. The normalized spacial score (nSPS) is 8.30. The molecule has 0 atom stereocenters. The standard InChI is InChI=1S/C7H7N4O2.C6H5N2O2.CH2N2.CHN.CH4.H3N/c8-7-9-11(13)6-4-2-1-3-5(6)10(7)12;9-8-6-4-2-1-3-5(6)7-10-8;2-1-3;1-2;;/h1-4,12H,(H2,8,9,13);1-4,7H;2H2;1H;1H4;1H3/q2*+1;;;;/p+1. The molecule has 0 unspecified atom stereocenters. The van der Waals surface area contributed by atoms with Crippen molar-refractivity contribution >= 4 is 28.0 Å². The summed E-state index contributed by atoms with van der Waals surface area (Å²) in [7, 11) is 0. The quantitative estimate of drug-likeness (QED) is 0.0985. The van der Waals surface area contributed by atoms with Crippen LogP contribution >= 0.6 is 0 Å². The Morgan fingerprint density at radius 1 is 1.03 bits per heavy atom. The van der Waals surface area contributed by atoms with Crippen LogP contribution in [0.3, 0.4) is 0 Å². The van der Waals surface area contributed by atoms with Crippen LogP contribution in [-0.4, -0.2) is 15.5 Å². The lowest BCUT2D eigenvalue weighted by atomic mass is 10.3. The molecular weight excluding hydrogens is 396 g/mol. The molecule has 10 N–H and O–H groups in total. The molecule has 0 saturated carbocycles. The fourth-order valence-corrected chi connectivity index (χ4v) is 2.02. The van der Waals surface area contributed by atoms with Crippen molar-refractivity contribution in [3.8, 4) is 12.8 Å². The number of para-hydroxylation sites is 4. The first kappa shape index (κ1) is 27.3. The summed E-state index contributed by atoms with van der Waals surface area (Å²) in [5.74, 6) is -0.117. The van der Waals surface area contributed by atoms with Gasteiger partial charge in [0.25, 0.3) is 5.52 Å². The zero-order valence-electron chi connectivity index (χ0n) is 15.0. The number of fused-ring (bicyclic) bond motifs is 2. The highest BCUT2D eigenvalue weighted by molar-refractivity contribution is 5.69. The SMILES string of the molecule is C.C#N.N.N#CN.Nc1[nH][n+](=O)c2ccccc2[n+]1O.O=[n+]1o[nH]c2ccccc21. The number of aromatic amines is 2. The molecule has 0 aliphatic rings. The summed E-state index contributed by atoms with van der Waals surface area (Å²) in [5.41, 5.74) is 11.4. The fraction of sp³-hybridized carbons (Fsp3) is 0.0625. The summed E-state index contributed by atoms with van der Waals surface area (Å²) < 4.78 is 6.11. The van der Waals surface area contributed by atoms with Crippen molar-refractivity contribution in [2.45, 2.75) is 7.43 Å². The molecule has 0 spiro atoms. The third kappa shape index (κ3) is 6.34. The lowest BCUT2D eigenvalue weighted by molar-refractivity contribution is -0.880. The molecule has 30 heavy (non-hydrogen) atoms. The maximum Gasteiger partial charge on any atom is 0.447 e. The third-order valence-corrected chi connectivity index (χ3v) is 3.11. The lowest BCUT2D eigenvalue weighted by Crippen LogP contribution is -2.41. The molecule has 2 aromatic carbocycles. The van der Waals surface area contributed by atoms with Crippen LogP contribution in [0.2, 0.25) is 0 Å². The number of nitrogens with one attached hydrogen (secondary N) is 2. The van der Waals surface area contributed by atoms with Gasteiger partial charge in [0, 0.05) is 17.7 Å². The number of benzene rings is 2. The van der Waals surface area contributed by atoms with E-state index in [1.807, 2.05) is 6.07 Å². The highest BCUT2D eigenvalue weighted by Crippen LogP contribution is 2.03. The van der Waals surface area contributed by atoms with E-state index in [2.05, 4.69) is 27.2 Å². The number of hydrogen-bond donors (Lipinski definition) is 6. The molecule has 2 aromatic heterocycles. The first-order chi connectivity index (χ1) is 13.5. The number of nitrogens with two attached hydrogens (primary N) is 2. The van der Waals surface area contributed by atoms with Crippen molar-refractivity contribution < 1.29 is 23.7 Å². The van der Waals surface area contributed by atoms with Gasteiger partial charge in [0.05, 0.1) is 4.91 Å². The zero-order chi connectivity index (χ0) is 21.1. The van der Waals surface area contributed by atoms with Crippen molar-refractivity contribution in [3.05, 3.63) is 58.3 Å². The Morgan fingerprint density at radius 2 is 1.50 bits per heavy atom. The van der Waals surface area contributed by atoms with Crippen LogP contribution in [0.4, 0.5) is 5.95 Å². The average molecular weight is 419 g/mol. The molecule has 0 saturated heterocycles. The second-order valence-electron chi connectivity index (χ2n) is 4.69. The summed E-state index contributed by atoms with van der Waals surface area (Å²) >= 11 is 0. The molecular formula is C16H23N10O4+3. The molecule has 2 heterocycles. The summed E-state index contributed by atoms with van der Waals surface area (Å²) in [6.45, 7) is 3.50. The molecule has 0 bridgehead atoms. The Labute approximate surface area is 169 Å². The molecule has 0 aliphatic carbocycles. The van der Waals surface area contributed by atoms with Gasteiger partial charge in [-0.2, -0.15) is 5.26 Å². The van der Waals surface area contributed by atoms with Gasteiger partial charge in [0.2, 0.25) is 15.6 Å². The molecule has 4 rings (SSSR count). The molecule has 0 radical (unpaired) electrons. The minimum absolute atomic E-state index is 0. The van der Waals surface area contributed by atoms with Gasteiger partial charge in [0.1, 0.15) is 0 Å². The second-order valence-corrected chi connectivity index (χ2v) is 4.69. The predicted octanol–water partition coefficient (Wildman–Crippen LogP) is 0.229. The predicted molar refractivity (Wildman–Crippen MR) is 106 cm³/mol. The van der Waals surface area contributed by atoms with E-state index in [-0.39, 0.29) is 19.5 Å². The van der Waals surface area contributed by atoms with E-state index in [1.54, 1.807) is 42.5 Å². The van der Waals surface area contributed by atoms with Gasteiger partial charge in [-0.05, 0) is 27.8 Å². The lowest BCUT2D eigenvalue weighted by Gasteiger charge is -1.92. The van der Waals surface area contributed by atoms with E-state index < -0.39 is 0 Å². The van der Waals surface area contributed by atoms with Crippen LogP contribution in [0.1, 0.15) is 7.43 Å². The number of aromatic nitrogens is 5. The fourth-order valence-electron chi connectivity index (χ4n) is 2.02. The Bertz CT molecular complexity index is 1240. The van der Waals surface area contributed by atoms with Gasteiger partial charge >= 0.3 is 11.5 Å². The van der Waals surface area contributed by atoms with E-state index >= 15 is 0 Å². The van der Waals surface area contributed by atoms with Crippen LogP contribution in [0.15, 0.2) is 53.2 Å². The van der Waals surface area contributed by atoms with Crippen molar-refractivity contribution in [2.75, 3.05) is 5.73 Å². The van der Waals surface area contributed by atoms with Crippen LogP contribution < -0.4 is 31.5 Å². The van der Waals surface area contributed by atoms with Crippen LogP contribution in [0.5, 0.6) is 0 Å². The van der Waals surface area contributed by atoms with Gasteiger partial charge in [-0.1, -0.05) is 41.5 Å². The maximum absolute atomic E-state index is 11.2. The van der Waals surface area contributed by atoms with Gasteiger partial charge in [0.15, 0.2) is 10.8 Å². The minimum atomic E-state index is -0.117. The Hall–Kier alpha value is -4.95. The van der Waals surface area contributed by atoms with E-state index in [0.29, 0.717) is 31.2 Å². The number of rotatable bonds is 0. The highest BCUT2D eigenvalue weighted by atomic mass is 16.7. The van der Waals surface area contributed by atoms with Gasteiger partial charge in [-0.3, -0.25) is 5.73 Å². The number of nitrogens with zero attached hydrogens (tertiary/aromatic N) is 5. The van der Waals surface area contributed by atoms with Crippen LogP contribution in [0.25, 0.3) is 22.1 Å². The summed E-state index contributed by atoms with van der Waals surface area (Å²) in [5, 5.41) is 27.7. The van der Waals surface area contributed by atoms with Gasteiger partial charge < -0.3 is 17.1 Å². The molecule has 158 valence electrons. The molecule has 4 aromatic rings. The number of anilines is 1. The van der Waals surface area contributed by atoms with Crippen LogP contribution in [-0.2, 0) is 0 Å². The number of hydrogen-bond acceptors (Lipinski definition) is 9. The highest BCUT2D eigenvalue weighted by Gasteiger charge is 2.18. The van der Waals surface area contributed by atoms with Gasteiger partial charge in [-0.25, -0.2) is 5.26 Å².